The number of aliphatic hydroxyl groups is 1. The molecule has 0 bridgehead atoms. The van der Waals surface area contributed by atoms with Crippen LogP contribution in [-0.2, 0) is 4.79 Å². The highest BCUT2D eigenvalue weighted by Crippen LogP contribution is 2.06. The second-order valence-electron chi connectivity index (χ2n) is 2.85. The maximum Gasteiger partial charge on any atom is 0.216 e. The molecule has 0 aliphatic heterocycles. The van der Waals surface area contributed by atoms with Gasteiger partial charge in [0.2, 0.25) is 5.91 Å². The van der Waals surface area contributed by atoms with Gasteiger partial charge in [0.25, 0.3) is 0 Å². The number of carbonyl (C=O) groups is 1. The SMILES string of the molecule is CC(=O)NCCSCC(C)CO. The minimum Gasteiger partial charge on any atom is -0.396 e. The first-order valence-corrected chi connectivity index (χ1v) is 5.25. The van der Waals surface area contributed by atoms with E-state index < -0.39 is 0 Å². The van der Waals surface area contributed by atoms with Crippen molar-refractivity contribution in [3.8, 4) is 0 Å². The monoisotopic (exact) mass is 191 g/mol. The van der Waals surface area contributed by atoms with Crippen molar-refractivity contribution in [2.45, 2.75) is 13.8 Å². The Morgan fingerprint density at radius 3 is 2.83 bits per heavy atom. The topological polar surface area (TPSA) is 49.3 Å². The first-order chi connectivity index (χ1) is 5.66. The van der Waals surface area contributed by atoms with Gasteiger partial charge in [0.05, 0.1) is 0 Å². The molecule has 0 heterocycles. The molecule has 1 amide bonds. The van der Waals surface area contributed by atoms with Crippen LogP contribution >= 0.6 is 11.8 Å². The van der Waals surface area contributed by atoms with Gasteiger partial charge >= 0.3 is 0 Å². The predicted octanol–water partition coefficient (Wildman–Crippen LogP) is 0.484. The molecule has 0 aliphatic carbocycles. The summed E-state index contributed by atoms with van der Waals surface area (Å²) in [7, 11) is 0. The summed E-state index contributed by atoms with van der Waals surface area (Å²) in [6.07, 6.45) is 0. The van der Waals surface area contributed by atoms with E-state index in [0.717, 1.165) is 18.1 Å². The van der Waals surface area contributed by atoms with Crippen LogP contribution < -0.4 is 5.32 Å². The van der Waals surface area contributed by atoms with Gasteiger partial charge in [-0.25, -0.2) is 0 Å². The summed E-state index contributed by atoms with van der Waals surface area (Å²) >= 11 is 1.75. The molecule has 1 unspecified atom stereocenters. The molecule has 12 heavy (non-hydrogen) atoms. The molecule has 0 aromatic heterocycles. The van der Waals surface area contributed by atoms with Crippen molar-refractivity contribution in [1.29, 1.82) is 0 Å². The Balaban J connectivity index is 3.05. The van der Waals surface area contributed by atoms with Gasteiger partial charge in [-0.05, 0) is 11.7 Å². The van der Waals surface area contributed by atoms with Crippen LogP contribution in [0.25, 0.3) is 0 Å². The lowest BCUT2D eigenvalue weighted by molar-refractivity contribution is -0.118. The lowest BCUT2D eigenvalue weighted by atomic mass is 10.2. The van der Waals surface area contributed by atoms with Crippen LogP contribution in [0.2, 0.25) is 0 Å². The summed E-state index contributed by atoms with van der Waals surface area (Å²) in [6, 6.07) is 0. The van der Waals surface area contributed by atoms with Gasteiger partial charge in [0.1, 0.15) is 0 Å². The largest absolute Gasteiger partial charge is 0.396 e. The van der Waals surface area contributed by atoms with Gasteiger partial charge in [-0.3, -0.25) is 4.79 Å². The number of hydrogen-bond donors (Lipinski definition) is 2. The number of aliphatic hydroxyl groups excluding tert-OH is 1. The number of carbonyl (C=O) groups excluding carboxylic acids is 1. The maximum absolute atomic E-state index is 10.4. The van der Waals surface area contributed by atoms with Gasteiger partial charge in [0, 0.05) is 25.8 Å². The van der Waals surface area contributed by atoms with E-state index in [0.29, 0.717) is 5.92 Å². The highest BCUT2D eigenvalue weighted by atomic mass is 32.2. The third-order valence-electron chi connectivity index (χ3n) is 1.33. The molecule has 3 nitrogen and oxygen atoms in total. The van der Waals surface area contributed by atoms with Crippen LogP contribution in [0.3, 0.4) is 0 Å². The molecule has 0 aromatic rings. The van der Waals surface area contributed by atoms with E-state index in [1.54, 1.807) is 11.8 Å². The molecule has 72 valence electrons. The number of hydrogen-bond acceptors (Lipinski definition) is 3. The lowest BCUT2D eigenvalue weighted by Gasteiger charge is -2.06. The average Bonchev–Trinajstić information content (AvgIpc) is 2.03. The van der Waals surface area contributed by atoms with E-state index in [9.17, 15) is 4.79 Å². The highest BCUT2D eigenvalue weighted by molar-refractivity contribution is 7.99. The molecule has 0 rings (SSSR count). The predicted molar refractivity (Wildman–Crippen MR) is 52.3 cm³/mol. The van der Waals surface area contributed by atoms with Crippen LogP contribution in [0.5, 0.6) is 0 Å². The van der Waals surface area contributed by atoms with E-state index >= 15 is 0 Å². The number of nitrogens with one attached hydrogen (secondary N) is 1. The standard InChI is InChI=1S/C8H17NO2S/c1-7(5-10)6-12-4-3-9-8(2)11/h7,10H,3-6H2,1-2H3,(H,9,11). The van der Waals surface area contributed by atoms with Gasteiger partial charge in [-0.1, -0.05) is 6.92 Å². The van der Waals surface area contributed by atoms with Crippen molar-refractivity contribution >= 4 is 17.7 Å². The Morgan fingerprint density at radius 1 is 1.67 bits per heavy atom. The Labute approximate surface area is 77.9 Å². The lowest BCUT2D eigenvalue weighted by Crippen LogP contribution is -2.22. The molecule has 0 spiro atoms. The Hall–Kier alpha value is -0.220. The van der Waals surface area contributed by atoms with Crippen molar-refractivity contribution in [1.82, 2.24) is 5.32 Å². The molecule has 0 saturated carbocycles. The van der Waals surface area contributed by atoms with Crippen LogP contribution in [0.4, 0.5) is 0 Å². The van der Waals surface area contributed by atoms with Crippen molar-refractivity contribution in [3.63, 3.8) is 0 Å². The Bertz CT molecular complexity index is 130. The van der Waals surface area contributed by atoms with E-state index in [2.05, 4.69) is 5.32 Å². The molecule has 4 heteroatoms. The number of thioether (sulfide) groups is 1. The summed E-state index contributed by atoms with van der Waals surface area (Å²) < 4.78 is 0. The van der Waals surface area contributed by atoms with Crippen LogP contribution in [0.15, 0.2) is 0 Å². The maximum atomic E-state index is 10.4. The average molecular weight is 191 g/mol. The molecule has 0 aromatic carbocycles. The fourth-order valence-electron chi connectivity index (χ4n) is 0.636. The first kappa shape index (κ1) is 11.8. The first-order valence-electron chi connectivity index (χ1n) is 4.10. The Kier molecular flexibility index (Phi) is 7.29. The van der Waals surface area contributed by atoms with Gasteiger partial charge in [-0.15, -0.1) is 0 Å². The zero-order valence-corrected chi connectivity index (χ0v) is 8.49. The van der Waals surface area contributed by atoms with Gasteiger partial charge in [0.15, 0.2) is 0 Å². The fraction of sp³-hybridized carbons (Fsp3) is 0.875. The summed E-state index contributed by atoms with van der Waals surface area (Å²) in [6.45, 7) is 4.48. The Morgan fingerprint density at radius 2 is 2.33 bits per heavy atom. The third-order valence-corrected chi connectivity index (χ3v) is 2.63. The van der Waals surface area contributed by atoms with Crippen molar-refractivity contribution in [3.05, 3.63) is 0 Å². The summed E-state index contributed by atoms with van der Waals surface area (Å²) in [5.41, 5.74) is 0. The normalized spacial score (nSPS) is 12.6. The smallest absolute Gasteiger partial charge is 0.216 e. The van der Waals surface area contributed by atoms with Crippen molar-refractivity contribution in [2.24, 2.45) is 5.92 Å². The summed E-state index contributed by atoms with van der Waals surface area (Å²) in [4.78, 5) is 10.4. The van der Waals surface area contributed by atoms with Crippen LogP contribution in [0, 0.1) is 5.92 Å². The van der Waals surface area contributed by atoms with Crippen LogP contribution in [-0.4, -0.2) is 35.7 Å². The van der Waals surface area contributed by atoms with Crippen LogP contribution in [0.1, 0.15) is 13.8 Å². The molecule has 1 atom stereocenters. The van der Waals surface area contributed by atoms with E-state index in [1.165, 1.54) is 6.92 Å². The van der Waals surface area contributed by atoms with Crippen molar-refractivity contribution in [2.75, 3.05) is 24.7 Å². The molecule has 0 radical (unpaired) electrons. The number of rotatable bonds is 6. The summed E-state index contributed by atoms with van der Waals surface area (Å²) in [5.74, 6) is 2.25. The molecule has 2 N–H and O–H groups in total. The third kappa shape index (κ3) is 7.88. The second kappa shape index (κ2) is 7.43. The zero-order chi connectivity index (χ0) is 9.40. The molecule has 0 fully saturated rings. The van der Waals surface area contributed by atoms with E-state index in [4.69, 9.17) is 5.11 Å². The minimum atomic E-state index is 0.0193. The fourth-order valence-corrected chi connectivity index (χ4v) is 1.56. The molecular formula is C8H17NO2S. The molecule has 0 aliphatic rings. The minimum absolute atomic E-state index is 0.0193. The second-order valence-corrected chi connectivity index (χ2v) is 4.00. The van der Waals surface area contributed by atoms with Gasteiger partial charge < -0.3 is 10.4 Å². The quantitative estimate of drug-likeness (QED) is 0.601. The van der Waals surface area contributed by atoms with Gasteiger partial charge in [-0.2, -0.15) is 11.8 Å². The van der Waals surface area contributed by atoms with E-state index in [1.807, 2.05) is 6.92 Å². The zero-order valence-electron chi connectivity index (χ0n) is 7.67. The highest BCUT2D eigenvalue weighted by Gasteiger charge is 1.99. The molecule has 0 saturated heterocycles. The molecular weight excluding hydrogens is 174 g/mol. The van der Waals surface area contributed by atoms with E-state index in [-0.39, 0.29) is 12.5 Å². The summed E-state index contributed by atoms with van der Waals surface area (Å²) in [5, 5.41) is 11.4. The number of amides is 1. The van der Waals surface area contributed by atoms with Crippen molar-refractivity contribution < 1.29 is 9.90 Å².